The highest BCUT2D eigenvalue weighted by atomic mass is 16.5. The van der Waals surface area contributed by atoms with Crippen LogP contribution in [0.25, 0.3) is 0 Å². The molecule has 0 rings (SSSR count). The van der Waals surface area contributed by atoms with Gasteiger partial charge >= 0.3 is 0 Å². The van der Waals surface area contributed by atoms with E-state index >= 15 is 0 Å². The third-order valence-corrected chi connectivity index (χ3v) is 4.99. The number of hydrogen-bond acceptors (Lipinski definition) is 1. The summed E-state index contributed by atoms with van der Waals surface area (Å²) >= 11 is 0. The number of ether oxygens (including phenoxy) is 1. The lowest BCUT2D eigenvalue weighted by molar-refractivity contribution is 0.101. The molecule has 0 heterocycles. The monoisotopic (exact) mass is 326 g/mol. The van der Waals surface area contributed by atoms with Gasteiger partial charge in [-0.1, -0.05) is 104 Å². The van der Waals surface area contributed by atoms with Gasteiger partial charge in [-0.3, -0.25) is 0 Å². The Bertz CT molecular complexity index is 202. The first-order valence-electron chi connectivity index (χ1n) is 10.9. The predicted octanol–water partition coefficient (Wildman–Crippen LogP) is 7.92. The van der Waals surface area contributed by atoms with Gasteiger partial charge in [-0.05, 0) is 25.7 Å². The van der Waals surface area contributed by atoms with Crippen molar-refractivity contribution in [3.63, 3.8) is 0 Å². The first-order chi connectivity index (χ1) is 11.3. The standard InChI is InChI=1S/C22H46O/c1-4-7-9-11-13-14-16-18-20-22(21-23-6-3)19-17-15-12-10-8-5-2/h22H,4-21H2,1-3H3. The summed E-state index contributed by atoms with van der Waals surface area (Å²) in [5.74, 6) is 0.821. The Hall–Kier alpha value is -0.0400. The molecule has 0 aliphatic carbocycles. The molecule has 0 spiro atoms. The minimum absolute atomic E-state index is 0.821. The van der Waals surface area contributed by atoms with Crippen LogP contribution in [-0.4, -0.2) is 13.2 Å². The van der Waals surface area contributed by atoms with Gasteiger partial charge in [0, 0.05) is 13.2 Å². The highest BCUT2D eigenvalue weighted by Crippen LogP contribution is 2.20. The van der Waals surface area contributed by atoms with Gasteiger partial charge in [-0.15, -0.1) is 0 Å². The molecule has 0 aromatic carbocycles. The van der Waals surface area contributed by atoms with Crippen LogP contribution in [0.1, 0.15) is 124 Å². The molecule has 0 amide bonds. The average Bonchev–Trinajstić information content (AvgIpc) is 2.57. The summed E-state index contributed by atoms with van der Waals surface area (Å²) in [6, 6.07) is 0. The lowest BCUT2D eigenvalue weighted by Crippen LogP contribution is -2.10. The van der Waals surface area contributed by atoms with Gasteiger partial charge in [0.15, 0.2) is 0 Å². The molecule has 1 nitrogen and oxygen atoms in total. The molecule has 0 bridgehead atoms. The smallest absolute Gasteiger partial charge is 0.0494 e. The average molecular weight is 327 g/mol. The van der Waals surface area contributed by atoms with E-state index in [1.165, 1.54) is 103 Å². The first kappa shape index (κ1) is 23.0. The van der Waals surface area contributed by atoms with Crippen molar-refractivity contribution in [1.29, 1.82) is 0 Å². The van der Waals surface area contributed by atoms with Crippen molar-refractivity contribution in [2.45, 2.75) is 124 Å². The van der Waals surface area contributed by atoms with Gasteiger partial charge in [-0.25, -0.2) is 0 Å². The topological polar surface area (TPSA) is 9.23 Å². The van der Waals surface area contributed by atoms with Crippen LogP contribution in [0.4, 0.5) is 0 Å². The van der Waals surface area contributed by atoms with E-state index in [9.17, 15) is 0 Å². The zero-order chi connectivity index (χ0) is 17.0. The fourth-order valence-corrected chi connectivity index (χ4v) is 3.38. The van der Waals surface area contributed by atoms with Crippen LogP contribution in [0.5, 0.6) is 0 Å². The zero-order valence-corrected chi connectivity index (χ0v) is 16.7. The van der Waals surface area contributed by atoms with E-state index in [4.69, 9.17) is 4.74 Å². The summed E-state index contributed by atoms with van der Waals surface area (Å²) in [7, 11) is 0. The molecule has 1 unspecified atom stereocenters. The van der Waals surface area contributed by atoms with Crippen LogP contribution in [0, 0.1) is 5.92 Å². The van der Waals surface area contributed by atoms with Gasteiger partial charge in [-0.2, -0.15) is 0 Å². The van der Waals surface area contributed by atoms with Crippen molar-refractivity contribution in [1.82, 2.24) is 0 Å². The lowest BCUT2D eigenvalue weighted by Gasteiger charge is -2.16. The SMILES string of the molecule is CCCCCCCCCCC(CCCCCCCC)COCC. The maximum atomic E-state index is 5.71. The fraction of sp³-hybridized carbons (Fsp3) is 1.00. The molecule has 0 aromatic rings. The normalized spacial score (nSPS) is 12.7. The van der Waals surface area contributed by atoms with Crippen molar-refractivity contribution in [2.24, 2.45) is 5.92 Å². The maximum Gasteiger partial charge on any atom is 0.0494 e. The molecule has 0 radical (unpaired) electrons. The van der Waals surface area contributed by atoms with Crippen molar-refractivity contribution in [3.05, 3.63) is 0 Å². The molecule has 1 atom stereocenters. The van der Waals surface area contributed by atoms with Crippen LogP contribution in [-0.2, 0) is 4.74 Å². The van der Waals surface area contributed by atoms with Crippen molar-refractivity contribution >= 4 is 0 Å². The molecule has 0 saturated heterocycles. The van der Waals surface area contributed by atoms with Crippen LogP contribution >= 0.6 is 0 Å². The van der Waals surface area contributed by atoms with E-state index in [2.05, 4.69) is 20.8 Å². The Balaban J connectivity index is 3.54. The number of rotatable bonds is 19. The molecule has 0 N–H and O–H groups in total. The number of hydrogen-bond donors (Lipinski definition) is 0. The van der Waals surface area contributed by atoms with E-state index in [-0.39, 0.29) is 0 Å². The third kappa shape index (κ3) is 18.1. The molecule has 0 aliphatic rings. The van der Waals surface area contributed by atoms with Gasteiger partial charge in [0.2, 0.25) is 0 Å². The predicted molar refractivity (Wildman–Crippen MR) is 105 cm³/mol. The van der Waals surface area contributed by atoms with E-state index < -0.39 is 0 Å². The van der Waals surface area contributed by atoms with Crippen molar-refractivity contribution in [3.8, 4) is 0 Å². The van der Waals surface area contributed by atoms with Crippen molar-refractivity contribution in [2.75, 3.05) is 13.2 Å². The first-order valence-corrected chi connectivity index (χ1v) is 10.9. The molecule has 140 valence electrons. The van der Waals surface area contributed by atoms with Crippen LogP contribution in [0.2, 0.25) is 0 Å². The molecular formula is C22H46O. The summed E-state index contributed by atoms with van der Waals surface area (Å²) in [5.41, 5.74) is 0. The van der Waals surface area contributed by atoms with Crippen molar-refractivity contribution < 1.29 is 4.74 Å². The van der Waals surface area contributed by atoms with Crippen LogP contribution < -0.4 is 0 Å². The summed E-state index contributed by atoms with van der Waals surface area (Å²) in [5, 5.41) is 0. The Morgan fingerprint density at radius 1 is 0.522 bits per heavy atom. The molecule has 0 aliphatic heterocycles. The molecular weight excluding hydrogens is 280 g/mol. The Morgan fingerprint density at radius 2 is 0.913 bits per heavy atom. The van der Waals surface area contributed by atoms with Gasteiger partial charge in [0.1, 0.15) is 0 Å². The Morgan fingerprint density at radius 3 is 1.30 bits per heavy atom. The van der Waals surface area contributed by atoms with Gasteiger partial charge in [0.05, 0.1) is 0 Å². The summed E-state index contributed by atoms with van der Waals surface area (Å²) in [4.78, 5) is 0. The summed E-state index contributed by atoms with van der Waals surface area (Å²) in [6.45, 7) is 8.59. The fourth-order valence-electron chi connectivity index (χ4n) is 3.38. The maximum absolute atomic E-state index is 5.71. The van der Waals surface area contributed by atoms with E-state index in [0.29, 0.717) is 0 Å². The second-order valence-electron chi connectivity index (χ2n) is 7.35. The second kappa shape index (κ2) is 20.0. The van der Waals surface area contributed by atoms with Crippen LogP contribution in [0.3, 0.4) is 0 Å². The third-order valence-electron chi connectivity index (χ3n) is 4.99. The lowest BCUT2D eigenvalue weighted by atomic mass is 9.94. The zero-order valence-electron chi connectivity index (χ0n) is 16.7. The number of unbranched alkanes of at least 4 members (excludes halogenated alkanes) is 12. The van der Waals surface area contributed by atoms with E-state index in [1.54, 1.807) is 0 Å². The quantitative estimate of drug-likeness (QED) is 0.219. The molecule has 0 aromatic heterocycles. The minimum atomic E-state index is 0.821. The van der Waals surface area contributed by atoms with Crippen LogP contribution in [0.15, 0.2) is 0 Å². The minimum Gasteiger partial charge on any atom is -0.381 e. The molecule has 0 saturated carbocycles. The largest absolute Gasteiger partial charge is 0.381 e. The molecule has 23 heavy (non-hydrogen) atoms. The Labute approximate surface area is 148 Å². The summed E-state index contributed by atoms with van der Waals surface area (Å²) in [6.07, 6.45) is 22.7. The van der Waals surface area contributed by atoms with E-state index in [1.807, 2.05) is 0 Å². The summed E-state index contributed by atoms with van der Waals surface area (Å²) < 4.78 is 5.71. The molecule has 1 heteroatoms. The van der Waals surface area contributed by atoms with Gasteiger partial charge < -0.3 is 4.74 Å². The second-order valence-corrected chi connectivity index (χ2v) is 7.35. The Kier molecular flexibility index (Phi) is 20.0. The highest BCUT2D eigenvalue weighted by molar-refractivity contribution is 4.60. The molecule has 0 fully saturated rings. The highest BCUT2D eigenvalue weighted by Gasteiger charge is 2.08. The van der Waals surface area contributed by atoms with E-state index in [0.717, 1.165) is 19.1 Å². The van der Waals surface area contributed by atoms with Gasteiger partial charge in [0.25, 0.3) is 0 Å².